The molecule has 0 aliphatic carbocycles. The molecule has 2 N–H and O–H groups in total. The highest BCUT2D eigenvalue weighted by molar-refractivity contribution is 5.52. The standard InChI is InChI=1S/C17H26N2O2/c1-3-13-14(15-9-12(10-18)11-19(15)2)5-6-16-17(13)21-8-4-7-20-16/h5-6,12,15H,3-4,7-11,18H2,1-2H3. The predicted octanol–water partition coefficient (Wildman–Crippen LogP) is 2.36. The van der Waals surface area contributed by atoms with E-state index in [1.54, 1.807) is 0 Å². The van der Waals surface area contributed by atoms with Crippen LogP contribution in [0.1, 0.15) is 36.9 Å². The van der Waals surface area contributed by atoms with Crippen LogP contribution in [0.15, 0.2) is 12.1 Å². The average molecular weight is 290 g/mol. The topological polar surface area (TPSA) is 47.7 Å². The number of rotatable bonds is 3. The Labute approximate surface area is 127 Å². The van der Waals surface area contributed by atoms with Crippen LogP contribution in [0.2, 0.25) is 0 Å². The Kier molecular flexibility index (Phi) is 4.36. The second-order valence-corrected chi connectivity index (χ2v) is 6.16. The molecular formula is C17H26N2O2. The molecule has 2 unspecified atom stereocenters. The quantitative estimate of drug-likeness (QED) is 0.928. The van der Waals surface area contributed by atoms with Crippen molar-refractivity contribution in [2.75, 3.05) is 33.4 Å². The van der Waals surface area contributed by atoms with Crippen molar-refractivity contribution in [3.05, 3.63) is 23.3 Å². The van der Waals surface area contributed by atoms with Crippen molar-refractivity contribution in [3.8, 4) is 11.5 Å². The molecule has 2 atom stereocenters. The van der Waals surface area contributed by atoms with E-state index in [0.29, 0.717) is 12.0 Å². The summed E-state index contributed by atoms with van der Waals surface area (Å²) in [4.78, 5) is 2.43. The zero-order valence-electron chi connectivity index (χ0n) is 13.1. The van der Waals surface area contributed by atoms with Gasteiger partial charge in [-0.2, -0.15) is 0 Å². The molecule has 0 amide bonds. The second kappa shape index (κ2) is 6.24. The molecule has 4 nitrogen and oxygen atoms in total. The first-order valence-corrected chi connectivity index (χ1v) is 8.06. The van der Waals surface area contributed by atoms with Gasteiger partial charge in [0, 0.05) is 24.6 Å². The van der Waals surface area contributed by atoms with E-state index >= 15 is 0 Å². The first kappa shape index (κ1) is 14.7. The molecule has 2 aliphatic heterocycles. The summed E-state index contributed by atoms with van der Waals surface area (Å²) in [7, 11) is 2.20. The number of benzene rings is 1. The van der Waals surface area contributed by atoms with E-state index in [9.17, 15) is 0 Å². The van der Waals surface area contributed by atoms with Gasteiger partial charge >= 0.3 is 0 Å². The van der Waals surface area contributed by atoms with E-state index in [-0.39, 0.29) is 0 Å². The summed E-state index contributed by atoms with van der Waals surface area (Å²) in [5.41, 5.74) is 8.57. The van der Waals surface area contributed by atoms with Crippen molar-refractivity contribution in [3.63, 3.8) is 0 Å². The first-order chi connectivity index (χ1) is 10.2. The van der Waals surface area contributed by atoms with Gasteiger partial charge in [0.25, 0.3) is 0 Å². The number of hydrogen-bond acceptors (Lipinski definition) is 4. The van der Waals surface area contributed by atoms with Crippen LogP contribution >= 0.6 is 0 Å². The zero-order chi connectivity index (χ0) is 14.8. The summed E-state index contributed by atoms with van der Waals surface area (Å²) in [5, 5.41) is 0. The highest BCUT2D eigenvalue weighted by Gasteiger charge is 2.32. The fourth-order valence-electron chi connectivity index (χ4n) is 3.63. The lowest BCUT2D eigenvalue weighted by atomic mass is 9.93. The number of nitrogens with two attached hydrogens (primary N) is 1. The molecule has 0 aromatic heterocycles. The maximum absolute atomic E-state index is 5.99. The summed E-state index contributed by atoms with van der Waals surface area (Å²) in [6, 6.07) is 4.76. The Hall–Kier alpha value is -1.26. The van der Waals surface area contributed by atoms with E-state index in [1.165, 1.54) is 11.1 Å². The van der Waals surface area contributed by atoms with Crippen molar-refractivity contribution in [1.29, 1.82) is 0 Å². The van der Waals surface area contributed by atoms with Gasteiger partial charge < -0.3 is 15.2 Å². The second-order valence-electron chi connectivity index (χ2n) is 6.16. The maximum atomic E-state index is 5.99. The summed E-state index contributed by atoms with van der Waals surface area (Å²) in [6.07, 6.45) is 3.06. The van der Waals surface area contributed by atoms with Crippen LogP contribution in [-0.4, -0.2) is 38.3 Å². The Morgan fingerprint density at radius 2 is 2.10 bits per heavy atom. The molecule has 2 heterocycles. The Bertz CT molecular complexity index is 504. The largest absolute Gasteiger partial charge is 0.490 e. The Morgan fingerprint density at radius 1 is 1.29 bits per heavy atom. The molecule has 0 radical (unpaired) electrons. The van der Waals surface area contributed by atoms with Gasteiger partial charge in [-0.15, -0.1) is 0 Å². The minimum absolute atomic E-state index is 0.450. The molecular weight excluding hydrogens is 264 g/mol. The molecule has 2 aliphatic rings. The maximum Gasteiger partial charge on any atom is 0.164 e. The third kappa shape index (κ3) is 2.74. The average Bonchev–Trinajstić information content (AvgIpc) is 2.72. The highest BCUT2D eigenvalue weighted by Crippen LogP contribution is 2.42. The molecule has 1 aromatic rings. The number of likely N-dealkylation sites (tertiary alicyclic amines) is 1. The van der Waals surface area contributed by atoms with Gasteiger partial charge in [-0.3, -0.25) is 4.90 Å². The lowest BCUT2D eigenvalue weighted by Gasteiger charge is -2.24. The van der Waals surface area contributed by atoms with Crippen LogP contribution in [0.25, 0.3) is 0 Å². The molecule has 3 rings (SSSR count). The first-order valence-electron chi connectivity index (χ1n) is 8.06. The third-order valence-corrected chi connectivity index (χ3v) is 4.73. The molecule has 0 spiro atoms. The van der Waals surface area contributed by atoms with Gasteiger partial charge in [-0.25, -0.2) is 0 Å². The van der Waals surface area contributed by atoms with Crippen LogP contribution in [0, 0.1) is 5.92 Å². The normalized spacial score (nSPS) is 25.9. The van der Waals surface area contributed by atoms with Gasteiger partial charge in [-0.1, -0.05) is 13.0 Å². The van der Waals surface area contributed by atoms with Crippen LogP contribution in [0.5, 0.6) is 11.5 Å². The number of nitrogens with zero attached hydrogens (tertiary/aromatic N) is 1. The van der Waals surface area contributed by atoms with E-state index in [0.717, 1.165) is 57.1 Å². The monoisotopic (exact) mass is 290 g/mol. The van der Waals surface area contributed by atoms with E-state index in [2.05, 4.69) is 31.0 Å². The summed E-state index contributed by atoms with van der Waals surface area (Å²) in [6.45, 7) is 5.54. The van der Waals surface area contributed by atoms with Crippen molar-refractivity contribution in [2.24, 2.45) is 11.7 Å². The number of ether oxygens (including phenoxy) is 2. The van der Waals surface area contributed by atoms with E-state index in [1.807, 2.05) is 0 Å². The van der Waals surface area contributed by atoms with Crippen LogP contribution in [-0.2, 0) is 6.42 Å². The summed E-state index contributed by atoms with van der Waals surface area (Å²) < 4.78 is 11.8. The minimum atomic E-state index is 0.450. The minimum Gasteiger partial charge on any atom is -0.490 e. The smallest absolute Gasteiger partial charge is 0.164 e. The summed E-state index contributed by atoms with van der Waals surface area (Å²) in [5.74, 6) is 2.47. The predicted molar refractivity (Wildman–Crippen MR) is 84.0 cm³/mol. The van der Waals surface area contributed by atoms with Crippen molar-refractivity contribution in [1.82, 2.24) is 4.90 Å². The molecule has 1 aromatic carbocycles. The zero-order valence-corrected chi connectivity index (χ0v) is 13.1. The van der Waals surface area contributed by atoms with Crippen molar-refractivity contribution < 1.29 is 9.47 Å². The molecule has 1 fully saturated rings. The molecule has 1 saturated heterocycles. The van der Waals surface area contributed by atoms with Gasteiger partial charge in [0.1, 0.15) is 0 Å². The van der Waals surface area contributed by atoms with Crippen molar-refractivity contribution >= 4 is 0 Å². The van der Waals surface area contributed by atoms with Crippen molar-refractivity contribution in [2.45, 2.75) is 32.2 Å². The Balaban J connectivity index is 1.97. The number of hydrogen-bond donors (Lipinski definition) is 1. The Morgan fingerprint density at radius 3 is 2.81 bits per heavy atom. The van der Waals surface area contributed by atoms with E-state index < -0.39 is 0 Å². The summed E-state index contributed by atoms with van der Waals surface area (Å²) >= 11 is 0. The molecule has 21 heavy (non-hydrogen) atoms. The van der Waals surface area contributed by atoms with Gasteiger partial charge in [0.05, 0.1) is 13.2 Å². The van der Waals surface area contributed by atoms with Gasteiger partial charge in [0.2, 0.25) is 0 Å². The lowest BCUT2D eigenvalue weighted by molar-refractivity contribution is 0.294. The fraction of sp³-hybridized carbons (Fsp3) is 0.647. The van der Waals surface area contributed by atoms with E-state index in [4.69, 9.17) is 15.2 Å². The van der Waals surface area contributed by atoms with Crippen LogP contribution in [0.4, 0.5) is 0 Å². The molecule has 0 saturated carbocycles. The van der Waals surface area contributed by atoms with Gasteiger partial charge in [-0.05, 0) is 44.0 Å². The lowest BCUT2D eigenvalue weighted by Crippen LogP contribution is -2.21. The molecule has 4 heteroatoms. The SMILES string of the molecule is CCc1c(C2CC(CN)CN2C)ccc2c1OCCCO2. The third-order valence-electron chi connectivity index (χ3n) is 4.73. The molecule has 0 bridgehead atoms. The highest BCUT2D eigenvalue weighted by atomic mass is 16.5. The van der Waals surface area contributed by atoms with Gasteiger partial charge in [0.15, 0.2) is 11.5 Å². The molecule has 116 valence electrons. The van der Waals surface area contributed by atoms with Crippen LogP contribution in [0.3, 0.4) is 0 Å². The number of fused-ring (bicyclic) bond motifs is 1. The fourth-order valence-corrected chi connectivity index (χ4v) is 3.63. The van der Waals surface area contributed by atoms with Crippen LogP contribution < -0.4 is 15.2 Å².